The van der Waals surface area contributed by atoms with Gasteiger partial charge in [-0.2, -0.15) is 11.3 Å². The molecule has 22 heavy (non-hydrogen) atoms. The molecule has 0 fully saturated rings. The SMILES string of the molecule is O=C(Nc1cccn(Cc2ccccc2)c1=O)c1ccsc1. The summed E-state index contributed by atoms with van der Waals surface area (Å²) in [6.45, 7) is 0.474. The van der Waals surface area contributed by atoms with E-state index in [9.17, 15) is 9.59 Å². The van der Waals surface area contributed by atoms with Gasteiger partial charge in [0.15, 0.2) is 0 Å². The topological polar surface area (TPSA) is 51.1 Å². The van der Waals surface area contributed by atoms with E-state index in [1.807, 2.05) is 35.7 Å². The van der Waals surface area contributed by atoms with Crippen LogP contribution in [0.4, 0.5) is 5.69 Å². The summed E-state index contributed by atoms with van der Waals surface area (Å²) in [5, 5.41) is 6.25. The number of nitrogens with one attached hydrogen (secondary N) is 1. The smallest absolute Gasteiger partial charge is 0.274 e. The Kier molecular flexibility index (Phi) is 4.16. The number of carbonyl (C=O) groups excluding carboxylic acids is 1. The van der Waals surface area contributed by atoms with Crippen molar-refractivity contribution in [1.29, 1.82) is 0 Å². The predicted octanol–water partition coefficient (Wildman–Crippen LogP) is 3.21. The molecule has 110 valence electrons. The summed E-state index contributed by atoms with van der Waals surface area (Å²) in [6.07, 6.45) is 1.72. The van der Waals surface area contributed by atoms with Crippen LogP contribution in [-0.4, -0.2) is 10.5 Å². The second-order valence-corrected chi connectivity index (χ2v) is 5.59. The number of carbonyl (C=O) groups is 1. The predicted molar refractivity (Wildman–Crippen MR) is 88.5 cm³/mol. The molecule has 5 heteroatoms. The Bertz CT molecular complexity index is 823. The van der Waals surface area contributed by atoms with Crippen LogP contribution < -0.4 is 10.9 Å². The van der Waals surface area contributed by atoms with E-state index < -0.39 is 0 Å². The van der Waals surface area contributed by atoms with Crippen LogP contribution >= 0.6 is 11.3 Å². The largest absolute Gasteiger partial charge is 0.317 e. The molecule has 0 bridgehead atoms. The van der Waals surface area contributed by atoms with Crippen molar-refractivity contribution in [2.24, 2.45) is 0 Å². The highest BCUT2D eigenvalue weighted by Gasteiger charge is 2.10. The molecule has 0 radical (unpaired) electrons. The van der Waals surface area contributed by atoms with Crippen molar-refractivity contribution in [3.63, 3.8) is 0 Å². The zero-order valence-corrected chi connectivity index (χ0v) is 12.5. The van der Waals surface area contributed by atoms with Gasteiger partial charge in [-0.15, -0.1) is 0 Å². The summed E-state index contributed by atoms with van der Waals surface area (Å²) in [6, 6.07) is 14.8. The molecule has 1 aromatic carbocycles. The average Bonchev–Trinajstić information content (AvgIpc) is 3.07. The Morgan fingerprint density at radius 1 is 1.09 bits per heavy atom. The van der Waals surface area contributed by atoms with E-state index in [-0.39, 0.29) is 17.2 Å². The van der Waals surface area contributed by atoms with E-state index in [0.717, 1.165) is 5.56 Å². The van der Waals surface area contributed by atoms with Crippen molar-refractivity contribution in [2.75, 3.05) is 5.32 Å². The van der Waals surface area contributed by atoms with Crippen molar-refractivity contribution in [3.05, 3.63) is 87.0 Å². The fourth-order valence-electron chi connectivity index (χ4n) is 2.12. The summed E-state index contributed by atoms with van der Waals surface area (Å²) >= 11 is 1.44. The highest BCUT2D eigenvalue weighted by atomic mass is 32.1. The molecule has 0 aliphatic rings. The maximum absolute atomic E-state index is 12.4. The summed E-state index contributed by atoms with van der Waals surface area (Å²) in [4.78, 5) is 24.5. The van der Waals surface area contributed by atoms with E-state index in [4.69, 9.17) is 0 Å². The van der Waals surface area contributed by atoms with Gasteiger partial charge in [-0.3, -0.25) is 9.59 Å². The maximum atomic E-state index is 12.4. The molecular weight excluding hydrogens is 296 g/mol. The van der Waals surface area contributed by atoms with Gasteiger partial charge >= 0.3 is 0 Å². The number of benzene rings is 1. The number of hydrogen-bond donors (Lipinski definition) is 1. The van der Waals surface area contributed by atoms with Gasteiger partial charge in [-0.05, 0) is 29.1 Å². The quantitative estimate of drug-likeness (QED) is 0.804. The molecule has 0 aliphatic heterocycles. The average molecular weight is 310 g/mol. The van der Waals surface area contributed by atoms with Gasteiger partial charge in [0, 0.05) is 11.6 Å². The molecule has 2 heterocycles. The third kappa shape index (κ3) is 3.15. The molecule has 1 N–H and O–H groups in total. The van der Waals surface area contributed by atoms with E-state index in [0.29, 0.717) is 12.1 Å². The Hall–Kier alpha value is -2.66. The van der Waals surface area contributed by atoms with Crippen LogP contribution in [0.5, 0.6) is 0 Å². The lowest BCUT2D eigenvalue weighted by molar-refractivity contribution is 0.102. The summed E-state index contributed by atoms with van der Waals surface area (Å²) in [7, 11) is 0. The molecule has 0 saturated carbocycles. The van der Waals surface area contributed by atoms with Gasteiger partial charge in [0.25, 0.3) is 11.5 Å². The van der Waals surface area contributed by atoms with Gasteiger partial charge in [-0.1, -0.05) is 30.3 Å². The lowest BCUT2D eigenvalue weighted by Crippen LogP contribution is -2.25. The van der Waals surface area contributed by atoms with Crippen molar-refractivity contribution in [3.8, 4) is 0 Å². The van der Waals surface area contributed by atoms with Crippen molar-refractivity contribution in [2.45, 2.75) is 6.54 Å². The molecule has 0 aliphatic carbocycles. The minimum absolute atomic E-state index is 0.213. The number of hydrogen-bond acceptors (Lipinski definition) is 3. The van der Waals surface area contributed by atoms with E-state index >= 15 is 0 Å². The lowest BCUT2D eigenvalue weighted by atomic mass is 10.2. The molecule has 2 aromatic heterocycles. The zero-order chi connectivity index (χ0) is 15.4. The molecule has 0 saturated heterocycles. The number of rotatable bonds is 4. The second-order valence-electron chi connectivity index (χ2n) is 4.81. The lowest BCUT2D eigenvalue weighted by Gasteiger charge is -2.09. The third-order valence-electron chi connectivity index (χ3n) is 3.25. The molecule has 4 nitrogen and oxygen atoms in total. The first kappa shape index (κ1) is 14.3. The maximum Gasteiger partial charge on any atom is 0.274 e. The highest BCUT2D eigenvalue weighted by molar-refractivity contribution is 7.08. The van der Waals surface area contributed by atoms with Gasteiger partial charge < -0.3 is 9.88 Å². The second kappa shape index (κ2) is 6.41. The molecular formula is C17H14N2O2S. The number of pyridine rings is 1. The van der Waals surface area contributed by atoms with Crippen molar-refractivity contribution in [1.82, 2.24) is 4.57 Å². The molecule has 0 spiro atoms. The Balaban J connectivity index is 1.83. The number of nitrogens with zero attached hydrogens (tertiary/aromatic N) is 1. The molecule has 0 atom stereocenters. The normalized spacial score (nSPS) is 10.4. The first-order valence-electron chi connectivity index (χ1n) is 6.81. The van der Waals surface area contributed by atoms with Gasteiger partial charge in [0.1, 0.15) is 5.69 Å². The van der Waals surface area contributed by atoms with Gasteiger partial charge in [0.2, 0.25) is 0 Å². The Labute approximate surface area is 131 Å². The molecule has 0 unspecified atom stereocenters. The standard InChI is InChI=1S/C17H14N2O2S/c20-16(14-8-10-22-12-14)18-15-7-4-9-19(17(15)21)11-13-5-2-1-3-6-13/h1-10,12H,11H2,(H,18,20). The third-order valence-corrected chi connectivity index (χ3v) is 3.93. The molecule has 3 rings (SSSR count). The number of thiophene rings is 1. The molecule has 3 aromatic rings. The van der Waals surface area contributed by atoms with Crippen LogP contribution in [-0.2, 0) is 6.54 Å². The van der Waals surface area contributed by atoms with Crippen LogP contribution in [0, 0.1) is 0 Å². The van der Waals surface area contributed by atoms with Gasteiger partial charge in [-0.25, -0.2) is 0 Å². The fraction of sp³-hybridized carbons (Fsp3) is 0.0588. The number of anilines is 1. The van der Waals surface area contributed by atoms with Crippen LogP contribution in [0.25, 0.3) is 0 Å². The summed E-state index contributed by atoms with van der Waals surface area (Å²) < 4.78 is 1.58. The van der Waals surface area contributed by atoms with Gasteiger partial charge in [0.05, 0.1) is 12.1 Å². The van der Waals surface area contributed by atoms with E-state index in [1.165, 1.54) is 11.3 Å². The van der Waals surface area contributed by atoms with E-state index in [1.54, 1.807) is 34.3 Å². The van der Waals surface area contributed by atoms with E-state index in [2.05, 4.69) is 5.32 Å². The minimum Gasteiger partial charge on any atom is -0.317 e. The van der Waals surface area contributed by atoms with Crippen LogP contribution in [0.2, 0.25) is 0 Å². The molecule has 1 amide bonds. The number of aromatic nitrogens is 1. The monoisotopic (exact) mass is 310 g/mol. The van der Waals surface area contributed by atoms with Crippen LogP contribution in [0.1, 0.15) is 15.9 Å². The summed E-state index contributed by atoms with van der Waals surface area (Å²) in [5.74, 6) is -0.268. The number of amides is 1. The zero-order valence-electron chi connectivity index (χ0n) is 11.7. The first-order chi connectivity index (χ1) is 10.7. The minimum atomic E-state index is -0.268. The van der Waals surface area contributed by atoms with Crippen LogP contribution in [0.15, 0.2) is 70.3 Å². The first-order valence-corrected chi connectivity index (χ1v) is 7.75. The van der Waals surface area contributed by atoms with Crippen LogP contribution in [0.3, 0.4) is 0 Å². The summed E-state index contributed by atoms with van der Waals surface area (Å²) in [5.41, 5.74) is 1.67. The van der Waals surface area contributed by atoms with Crippen molar-refractivity contribution >= 4 is 22.9 Å². The Morgan fingerprint density at radius 2 is 1.91 bits per heavy atom. The fourth-order valence-corrected chi connectivity index (χ4v) is 2.76. The Morgan fingerprint density at radius 3 is 2.64 bits per heavy atom. The highest BCUT2D eigenvalue weighted by Crippen LogP contribution is 2.09. The van der Waals surface area contributed by atoms with Crippen molar-refractivity contribution < 1.29 is 4.79 Å².